The van der Waals surface area contributed by atoms with Crippen molar-refractivity contribution in [3.8, 4) is 0 Å². The molecule has 3 saturated carbocycles. The largest absolute Gasteiger partial charge is 0.313 e. The monoisotopic (exact) mass is 207 g/mol. The number of hydrogen-bond donors (Lipinski definition) is 1. The fourth-order valence-corrected chi connectivity index (χ4v) is 4.18. The van der Waals surface area contributed by atoms with Crippen molar-refractivity contribution in [3.63, 3.8) is 0 Å². The molecular formula is C14H25N. The molecule has 1 nitrogen and oxygen atoms in total. The van der Waals surface area contributed by atoms with Crippen LogP contribution >= 0.6 is 0 Å². The predicted octanol–water partition coefficient (Wildman–Crippen LogP) is 3.20. The lowest BCUT2D eigenvalue weighted by Crippen LogP contribution is -2.65. The number of hydrogen-bond acceptors (Lipinski definition) is 1. The molecule has 15 heavy (non-hydrogen) atoms. The zero-order chi connectivity index (χ0) is 10.5. The van der Waals surface area contributed by atoms with E-state index in [0.29, 0.717) is 5.41 Å². The number of fused-ring (bicyclic) bond motifs is 1. The van der Waals surface area contributed by atoms with Crippen LogP contribution in [0.25, 0.3) is 0 Å². The minimum atomic E-state index is 0.583. The summed E-state index contributed by atoms with van der Waals surface area (Å²) < 4.78 is 0. The molecule has 0 amide bonds. The zero-order valence-corrected chi connectivity index (χ0v) is 10.3. The summed E-state index contributed by atoms with van der Waals surface area (Å²) >= 11 is 0. The van der Waals surface area contributed by atoms with Crippen molar-refractivity contribution in [1.29, 1.82) is 0 Å². The fourth-order valence-electron chi connectivity index (χ4n) is 4.18. The van der Waals surface area contributed by atoms with Gasteiger partial charge in [0.1, 0.15) is 0 Å². The van der Waals surface area contributed by atoms with E-state index in [-0.39, 0.29) is 0 Å². The van der Waals surface area contributed by atoms with Crippen LogP contribution in [0.3, 0.4) is 0 Å². The molecule has 3 fully saturated rings. The van der Waals surface area contributed by atoms with Gasteiger partial charge in [0.2, 0.25) is 0 Å². The third-order valence-corrected chi connectivity index (χ3v) is 5.33. The van der Waals surface area contributed by atoms with Crippen molar-refractivity contribution >= 4 is 0 Å². The second kappa shape index (κ2) is 3.48. The molecule has 1 unspecified atom stereocenters. The van der Waals surface area contributed by atoms with Crippen LogP contribution in [0.15, 0.2) is 0 Å². The van der Waals surface area contributed by atoms with Gasteiger partial charge in [-0.2, -0.15) is 0 Å². The molecule has 3 rings (SSSR count). The average Bonchev–Trinajstić information content (AvgIpc) is 3.02. The number of nitrogens with one attached hydrogen (secondary N) is 1. The lowest BCUT2D eigenvalue weighted by atomic mass is 9.48. The summed E-state index contributed by atoms with van der Waals surface area (Å²) in [5.74, 6) is 3.08. The third kappa shape index (κ3) is 1.63. The minimum Gasteiger partial charge on any atom is -0.313 e. The summed E-state index contributed by atoms with van der Waals surface area (Å²) in [5, 5.41) is 3.87. The molecule has 0 aromatic rings. The maximum absolute atomic E-state index is 3.87. The van der Waals surface area contributed by atoms with E-state index in [9.17, 15) is 0 Å². The van der Waals surface area contributed by atoms with E-state index in [4.69, 9.17) is 0 Å². The smallest absolute Gasteiger partial charge is 0.0152 e. The van der Waals surface area contributed by atoms with Crippen LogP contribution in [-0.2, 0) is 0 Å². The molecule has 0 aromatic heterocycles. The van der Waals surface area contributed by atoms with Gasteiger partial charge < -0.3 is 5.32 Å². The second-order valence-corrected chi connectivity index (χ2v) is 6.71. The fraction of sp³-hybridized carbons (Fsp3) is 1.00. The second-order valence-electron chi connectivity index (χ2n) is 6.71. The molecule has 0 aromatic carbocycles. The van der Waals surface area contributed by atoms with Crippen molar-refractivity contribution in [2.45, 2.75) is 58.4 Å². The van der Waals surface area contributed by atoms with E-state index in [2.05, 4.69) is 19.2 Å². The van der Waals surface area contributed by atoms with Crippen LogP contribution in [0.2, 0.25) is 0 Å². The molecule has 0 saturated heterocycles. The Morgan fingerprint density at radius 2 is 1.80 bits per heavy atom. The quantitative estimate of drug-likeness (QED) is 0.749. The summed E-state index contributed by atoms with van der Waals surface area (Å²) in [4.78, 5) is 0. The summed E-state index contributed by atoms with van der Waals surface area (Å²) in [5.41, 5.74) is 0.583. The lowest BCUT2D eigenvalue weighted by Gasteiger charge is -2.61. The Labute approximate surface area is 94.0 Å². The van der Waals surface area contributed by atoms with Gasteiger partial charge in [0.15, 0.2) is 0 Å². The highest BCUT2D eigenvalue weighted by Gasteiger charge is 2.55. The van der Waals surface area contributed by atoms with Crippen LogP contribution in [0.5, 0.6) is 0 Å². The molecule has 3 atom stereocenters. The summed E-state index contributed by atoms with van der Waals surface area (Å²) in [7, 11) is 0. The van der Waals surface area contributed by atoms with Crippen LogP contribution in [0.4, 0.5) is 0 Å². The topological polar surface area (TPSA) is 12.0 Å². The van der Waals surface area contributed by atoms with Gasteiger partial charge in [-0.15, -0.1) is 0 Å². The van der Waals surface area contributed by atoms with E-state index in [1.807, 2.05) is 0 Å². The molecule has 0 aliphatic heterocycles. The van der Waals surface area contributed by atoms with E-state index in [1.165, 1.54) is 45.1 Å². The highest BCUT2D eigenvalue weighted by molar-refractivity contribution is 5.08. The van der Waals surface area contributed by atoms with Crippen LogP contribution < -0.4 is 5.32 Å². The molecule has 3 aliphatic rings. The molecular weight excluding hydrogens is 182 g/mol. The van der Waals surface area contributed by atoms with E-state index in [0.717, 1.165) is 23.8 Å². The SMILES string of the molecule is CC1(C)C(NCC2CC2)[C@@H]2CCCC[C@@H]21. The van der Waals surface area contributed by atoms with Crippen molar-refractivity contribution in [3.05, 3.63) is 0 Å². The van der Waals surface area contributed by atoms with Gasteiger partial charge in [-0.05, 0) is 55.4 Å². The van der Waals surface area contributed by atoms with Gasteiger partial charge in [-0.25, -0.2) is 0 Å². The number of rotatable bonds is 3. The first-order valence-corrected chi connectivity index (χ1v) is 6.93. The van der Waals surface area contributed by atoms with E-state index in [1.54, 1.807) is 0 Å². The first kappa shape index (κ1) is 10.1. The Kier molecular flexibility index (Phi) is 2.35. The van der Waals surface area contributed by atoms with E-state index < -0.39 is 0 Å². The van der Waals surface area contributed by atoms with Gasteiger partial charge in [0, 0.05) is 6.04 Å². The zero-order valence-electron chi connectivity index (χ0n) is 10.3. The molecule has 0 bridgehead atoms. The molecule has 0 spiro atoms. The van der Waals surface area contributed by atoms with Crippen LogP contribution in [-0.4, -0.2) is 12.6 Å². The molecule has 0 heterocycles. The van der Waals surface area contributed by atoms with Crippen LogP contribution in [0.1, 0.15) is 52.4 Å². The first-order chi connectivity index (χ1) is 7.19. The molecule has 0 radical (unpaired) electrons. The van der Waals surface area contributed by atoms with Crippen molar-refractivity contribution in [2.24, 2.45) is 23.2 Å². The molecule has 1 heteroatoms. The Morgan fingerprint density at radius 3 is 2.53 bits per heavy atom. The standard InChI is InChI=1S/C14H25N/c1-14(2)12-6-4-3-5-11(12)13(14)15-9-10-7-8-10/h10-13,15H,3-9H2,1-2H3/t11-,12+,13?/m1/s1. The maximum Gasteiger partial charge on any atom is 0.0152 e. The predicted molar refractivity (Wildman–Crippen MR) is 63.7 cm³/mol. The minimum absolute atomic E-state index is 0.583. The Balaban J connectivity index is 1.60. The Morgan fingerprint density at radius 1 is 1.07 bits per heavy atom. The van der Waals surface area contributed by atoms with Crippen molar-refractivity contribution < 1.29 is 0 Å². The van der Waals surface area contributed by atoms with Crippen molar-refractivity contribution in [1.82, 2.24) is 5.32 Å². The van der Waals surface area contributed by atoms with Gasteiger partial charge in [0.25, 0.3) is 0 Å². The maximum atomic E-state index is 3.87. The summed E-state index contributed by atoms with van der Waals surface area (Å²) in [6, 6.07) is 0.836. The molecule has 3 aliphatic carbocycles. The lowest BCUT2D eigenvalue weighted by molar-refractivity contribution is -0.0876. The summed E-state index contributed by atoms with van der Waals surface area (Å²) in [6.07, 6.45) is 8.93. The molecule has 1 N–H and O–H groups in total. The van der Waals surface area contributed by atoms with Crippen LogP contribution in [0, 0.1) is 23.2 Å². The summed E-state index contributed by atoms with van der Waals surface area (Å²) in [6.45, 7) is 6.28. The molecule has 86 valence electrons. The van der Waals surface area contributed by atoms with Crippen molar-refractivity contribution in [2.75, 3.05) is 6.54 Å². The van der Waals surface area contributed by atoms with Gasteiger partial charge in [-0.3, -0.25) is 0 Å². The normalized spacial score (nSPS) is 43.2. The van der Waals surface area contributed by atoms with Gasteiger partial charge in [0.05, 0.1) is 0 Å². The highest BCUT2D eigenvalue weighted by atomic mass is 15.0. The average molecular weight is 207 g/mol. The van der Waals surface area contributed by atoms with E-state index >= 15 is 0 Å². The Bertz CT molecular complexity index is 242. The Hall–Kier alpha value is -0.0400. The van der Waals surface area contributed by atoms with Gasteiger partial charge >= 0.3 is 0 Å². The third-order valence-electron chi connectivity index (χ3n) is 5.33. The highest BCUT2D eigenvalue weighted by Crippen LogP contribution is 2.57. The first-order valence-electron chi connectivity index (χ1n) is 6.93. The van der Waals surface area contributed by atoms with Gasteiger partial charge in [-0.1, -0.05) is 26.7 Å².